The predicted octanol–water partition coefficient (Wildman–Crippen LogP) is 3.78. The van der Waals surface area contributed by atoms with Gasteiger partial charge in [0.2, 0.25) is 5.91 Å². The number of nitrogens with zero attached hydrogens (tertiary/aromatic N) is 2. The molecule has 3 rings (SSSR count). The Balaban J connectivity index is 0.00000320. The summed E-state index contributed by atoms with van der Waals surface area (Å²) in [7, 11) is 1.73. The number of hydrogen-bond donors (Lipinski definition) is 2. The van der Waals surface area contributed by atoms with Crippen LogP contribution in [0.2, 0.25) is 0 Å². The van der Waals surface area contributed by atoms with Gasteiger partial charge in [-0.05, 0) is 54.2 Å². The lowest BCUT2D eigenvalue weighted by atomic mass is 10.1. The van der Waals surface area contributed by atoms with E-state index in [1.54, 1.807) is 13.1 Å². The molecule has 0 atom stereocenters. The number of amides is 1. The summed E-state index contributed by atoms with van der Waals surface area (Å²) in [6.07, 6.45) is 2.07. The van der Waals surface area contributed by atoms with Gasteiger partial charge in [0.05, 0.1) is 0 Å². The standard InChI is InChI=1S/C23H29FN4O.HI/c1-17-14-21(24)10-9-18(17)11-13-27-23(25-2)26-12-5-8-22(29)28-15-19-6-3-4-7-20(19)16-28;/h3-4,6-7,9-10,14H,5,8,11-13,15-16H2,1-2H3,(H2,25,26,27);1H. The van der Waals surface area contributed by atoms with E-state index in [9.17, 15) is 9.18 Å². The molecule has 30 heavy (non-hydrogen) atoms. The van der Waals surface area contributed by atoms with Crippen LogP contribution in [0.15, 0.2) is 47.5 Å². The average molecular weight is 524 g/mol. The summed E-state index contributed by atoms with van der Waals surface area (Å²) < 4.78 is 13.2. The number of halogens is 2. The van der Waals surface area contributed by atoms with Gasteiger partial charge in [-0.2, -0.15) is 0 Å². The highest BCUT2D eigenvalue weighted by atomic mass is 127. The fraction of sp³-hybridized carbons (Fsp3) is 0.391. The fourth-order valence-electron chi connectivity index (χ4n) is 3.59. The first-order valence-corrected chi connectivity index (χ1v) is 10.1. The van der Waals surface area contributed by atoms with Gasteiger partial charge in [-0.3, -0.25) is 9.79 Å². The Morgan fingerprint density at radius 1 is 1.10 bits per heavy atom. The molecule has 162 valence electrons. The lowest BCUT2D eigenvalue weighted by Gasteiger charge is -2.16. The molecule has 0 aliphatic carbocycles. The normalized spacial score (nSPS) is 12.9. The van der Waals surface area contributed by atoms with E-state index in [4.69, 9.17) is 0 Å². The first-order valence-electron chi connectivity index (χ1n) is 10.1. The van der Waals surface area contributed by atoms with Crippen molar-refractivity contribution in [3.63, 3.8) is 0 Å². The lowest BCUT2D eigenvalue weighted by Crippen LogP contribution is -2.39. The summed E-state index contributed by atoms with van der Waals surface area (Å²) in [5.41, 5.74) is 4.57. The van der Waals surface area contributed by atoms with Crippen LogP contribution in [0.5, 0.6) is 0 Å². The van der Waals surface area contributed by atoms with Gasteiger partial charge < -0.3 is 15.5 Å². The molecule has 0 saturated heterocycles. The summed E-state index contributed by atoms with van der Waals surface area (Å²) in [6, 6.07) is 13.1. The molecule has 1 amide bonds. The highest BCUT2D eigenvalue weighted by molar-refractivity contribution is 14.0. The summed E-state index contributed by atoms with van der Waals surface area (Å²) in [5.74, 6) is 0.701. The van der Waals surface area contributed by atoms with Crippen molar-refractivity contribution in [3.8, 4) is 0 Å². The molecule has 1 heterocycles. The number of rotatable bonds is 7. The molecule has 1 aliphatic heterocycles. The zero-order valence-corrected chi connectivity index (χ0v) is 19.9. The van der Waals surface area contributed by atoms with Crippen LogP contribution in [0.3, 0.4) is 0 Å². The van der Waals surface area contributed by atoms with Gasteiger partial charge in [-0.1, -0.05) is 30.3 Å². The summed E-state index contributed by atoms with van der Waals surface area (Å²) in [5, 5.41) is 6.52. The number of nitrogens with one attached hydrogen (secondary N) is 2. The van der Waals surface area contributed by atoms with Crippen LogP contribution in [0, 0.1) is 12.7 Å². The van der Waals surface area contributed by atoms with E-state index in [1.165, 1.54) is 17.2 Å². The predicted molar refractivity (Wildman–Crippen MR) is 130 cm³/mol. The van der Waals surface area contributed by atoms with E-state index in [0.717, 1.165) is 24.0 Å². The first kappa shape index (κ1) is 24.1. The number of guanidine groups is 1. The zero-order valence-electron chi connectivity index (χ0n) is 17.6. The number of aliphatic imine (C=N–C) groups is 1. The molecule has 5 nitrogen and oxygen atoms in total. The maximum Gasteiger partial charge on any atom is 0.223 e. The Morgan fingerprint density at radius 3 is 2.40 bits per heavy atom. The Kier molecular flexibility index (Phi) is 9.55. The van der Waals surface area contributed by atoms with E-state index in [-0.39, 0.29) is 35.7 Å². The lowest BCUT2D eigenvalue weighted by molar-refractivity contribution is -0.131. The van der Waals surface area contributed by atoms with Crippen LogP contribution in [0.1, 0.15) is 35.1 Å². The second-order valence-electron chi connectivity index (χ2n) is 7.37. The van der Waals surface area contributed by atoms with E-state index < -0.39 is 0 Å². The average Bonchev–Trinajstić information content (AvgIpc) is 3.15. The molecule has 2 aromatic rings. The van der Waals surface area contributed by atoms with Crippen LogP contribution in [0.25, 0.3) is 0 Å². The van der Waals surface area contributed by atoms with Crippen molar-refractivity contribution in [1.82, 2.24) is 15.5 Å². The Labute approximate surface area is 195 Å². The second-order valence-corrected chi connectivity index (χ2v) is 7.37. The van der Waals surface area contributed by atoms with E-state index in [2.05, 4.69) is 27.8 Å². The number of carbonyl (C=O) groups excluding carboxylic acids is 1. The Bertz CT molecular complexity index is 862. The largest absolute Gasteiger partial charge is 0.356 e. The van der Waals surface area contributed by atoms with Crippen LogP contribution in [-0.4, -0.2) is 36.9 Å². The van der Waals surface area contributed by atoms with Gasteiger partial charge in [-0.25, -0.2) is 4.39 Å². The van der Waals surface area contributed by atoms with Crippen molar-refractivity contribution in [2.24, 2.45) is 4.99 Å². The number of carbonyl (C=O) groups is 1. The van der Waals surface area contributed by atoms with Crippen molar-refractivity contribution in [3.05, 3.63) is 70.5 Å². The Hall–Kier alpha value is -2.16. The number of fused-ring (bicyclic) bond motifs is 1. The molecule has 0 bridgehead atoms. The van der Waals surface area contributed by atoms with Gasteiger partial charge in [0.25, 0.3) is 0 Å². The number of benzene rings is 2. The van der Waals surface area contributed by atoms with Crippen molar-refractivity contribution in [2.45, 2.75) is 39.3 Å². The molecular formula is C23H30FIN4O. The van der Waals surface area contributed by atoms with E-state index in [1.807, 2.05) is 30.0 Å². The summed E-state index contributed by atoms with van der Waals surface area (Å²) in [6.45, 7) is 4.74. The third kappa shape index (κ3) is 6.68. The first-order chi connectivity index (χ1) is 14.1. The minimum atomic E-state index is -0.205. The molecule has 0 fully saturated rings. The van der Waals surface area contributed by atoms with Crippen LogP contribution < -0.4 is 10.6 Å². The third-order valence-electron chi connectivity index (χ3n) is 5.27. The quantitative estimate of drug-likeness (QED) is 0.251. The zero-order chi connectivity index (χ0) is 20.6. The van der Waals surface area contributed by atoms with Crippen molar-refractivity contribution in [1.29, 1.82) is 0 Å². The molecule has 0 saturated carbocycles. The Morgan fingerprint density at radius 2 is 1.77 bits per heavy atom. The second kappa shape index (κ2) is 11.9. The van der Waals surface area contributed by atoms with Gasteiger partial charge in [0.1, 0.15) is 5.82 Å². The van der Waals surface area contributed by atoms with E-state index in [0.29, 0.717) is 38.6 Å². The van der Waals surface area contributed by atoms with Gasteiger partial charge in [0, 0.05) is 39.6 Å². The van der Waals surface area contributed by atoms with Crippen LogP contribution in [0.4, 0.5) is 4.39 Å². The van der Waals surface area contributed by atoms with Crippen molar-refractivity contribution < 1.29 is 9.18 Å². The molecular weight excluding hydrogens is 494 g/mol. The molecule has 2 N–H and O–H groups in total. The summed E-state index contributed by atoms with van der Waals surface area (Å²) >= 11 is 0. The molecule has 1 aliphatic rings. The highest BCUT2D eigenvalue weighted by Gasteiger charge is 2.22. The van der Waals surface area contributed by atoms with Gasteiger partial charge in [-0.15, -0.1) is 24.0 Å². The third-order valence-corrected chi connectivity index (χ3v) is 5.27. The maximum atomic E-state index is 13.2. The van der Waals surface area contributed by atoms with Crippen LogP contribution >= 0.6 is 24.0 Å². The van der Waals surface area contributed by atoms with Crippen LogP contribution in [-0.2, 0) is 24.3 Å². The molecule has 0 unspecified atom stereocenters. The monoisotopic (exact) mass is 524 g/mol. The summed E-state index contributed by atoms with van der Waals surface area (Å²) in [4.78, 5) is 18.6. The van der Waals surface area contributed by atoms with Gasteiger partial charge >= 0.3 is 0 Å². The molecule has 0 spiro atoms. The molecule has 0 aromatic heterocycles. The minimum Gasteiger partial charge on any atom is -0.356 e. The topological polar surface area (TPSA) is 56.7 Å². The number of hydrogen-bond acceptors (Lipinski definition) is 2. The number of aryl methyl sites for hydroxylation is 1. The van der Waals surface area contributed by atoms with Crippen molar-refractivity contribution >= 4 is 35.8 Å². The van der Waals surface area contributed by atoms with Crippen molar-refractivity contribution in [2.75, 3.05) is 20.1 Å². The van der Waals surface area contributed by atoms with Gasteiger partial charge in [0.15, 0.2) is 5.96 Å². The smallest absolute Gasteiger partial charge is 0.223 e. The maximum absolute atomic E-state index is 13.2. The highest BCUT2D eigenvalue weighted by Crippen LogP contribution is 2.22. The van der Waals surface area contributed by atoms with E-state index >= 15 is 0 Å². The minimum absolute atomic E-state index is 0. The molecule has 2 aromatic carbocycles. The molecule has 7 heteroatoms. The fourth-order valence-corrected chi connectivity index (χ4v) is 3.59. The molecule has 0 radical (unpaired) electrons. The SMILES string of the molecule is CN=C(NCCCC(=O)N1Cc2ccccc2C1)NCCc1ccc(F)cc1C.I.